The van der Waals surface area contributed by atoms with Crippen molar-refractivity contribution in [1.29, 1.82) is 0 Å². The topological polar surface area (TPSA) is 20.3 Å². The molecule has 0 aliphatic heterocycles. The quantitative estimate of drug-likeness (QED) is 0.797. The number of hydrogen-bond donors (Lipinski definition) is 0. The van der Waals surface area contributed by atoms with Gasteiger partial charge < -0.3 is 4.90 Å². The molecule has 1 heterocycles. The molecule has 0 N–H and O–H groups in total. The van der Waals surface area contributed by atoms with Gasteiger partial charge in [0.15, 0.2) is 0 Å². The summed E-state index contributed by atoms with van der Waals surface area (Å²) in [5.41, 5.74) is 0. The molecule has 96 valence electrons. The molecule has 0 bridgehead atoms. The van der Waals surface area contributed by atoms with E-state index in [4.69, 9.17) is 0 Å². The lowest BCUT2D eigenvalue weighted by Gasteiger charge is -2.23. The zero-order valence-electron chi connectivity index (χ0n) is 9.46. The van der Waals surface area contributed by atoms with Crippen LogP contribution >= 0.6 is 11.3 Å². The maximum absolute atomic E-state index is 12.3. The molecular formula is C11H14F3NOS. The van der Waals surface area contributed by atoms with Gasteiger partial charge in [0.05, 0.1) is 4.88 Å². The van der Waals surface area contributed by atoms with E-state index in [0.29, 0.717) is 11.3 Å². The van der Waals surface area contributed by atoms with Crippen molar-refractivity contribution in [1.82, 2.24) is 4.90 Å². The zero-order valence-corrected chi connectivity index (χ0v) is 10.3. The van der Waals surface area contributed by atoms with Gasteiger partial charge in [-0.15, -0.1) is 11.3 Å². The van der Waals surface area contributed by atoms with Gasteiger partial charge in [0.2, 0.25) is 0 Å². The van der Waals surface area contributed by atoms with Gasteiger partial charge in [-0.1, -0.05) is 19.4 Å². The average molecular weight is 265 g/mol. The number of unbranched alkanes of at least 4 members (excludes halogenated alkanes) is 1. The molecule has 0 aliphatic rings. The third-order valence-corrected chi connectivity index (χ3v) is 3.03. The van der Waals surface area contributed by atoms with Gasteiger partial charge in [0.25, 0.3) is 5.91 Å². The molecule has 1 aromatic rings. The van der Waals surface area contributed by atoms with E-state index in [2.05, 4.69) is 0 Å². The molecule has 0 radical (unpaired) electrons. The average Bonchev–Trinajstić information content (AvgIpc) is 2.74. The minimum atomic E-state index is -4.35. The summed E-state index contributed by atoms with van der Waals surface area (Å²) < 4.78 is 37.0. The predicted molar refractivity (Wildman–Crippen MR) is 61.2 cm³/mol. The molecule has 1 amide bonds. The summed E-state index contributed by atoms with van der Waals surface area (Å²) in [7, 11) is 0. The van der Waals surface area contributed by atoms with Gasteiger partial charge in [-0.05, 0) is 17.9 Å². The van der Waals surface area contributed by atoms with E-state index in [1.165, 1.54) is 0 Å². The van der Waals surface area contributed by atoms with Crippen LogP contribution in [0.3, 0.4) is 0 Å². The Kier molecular flexibility index (Phi) is 4.99. The van der Waals surface area contributed by atoms with Crippen LogP contribution in [-0.4, -0.2) is 30.1 Å². The smallest absolute Gasteiger partial charge is 0.329 e. The highest BCUT2D eigenvalue weighted by atomic mass is 32.1. The Labute approximate surface area is 102 Å². The van der Waals surface area contributed by atoms with Crippen LogP contribution in [0.5, 0.6) is 0 Å². The lowest BCUT2D eigenvalue weighted by molar-refractivity contribution is -0.140. The van der Waals surface area contributed by atoms with Crippen molar-refractivity contribution in [2.75, 3.05) is 13.1 Å². The predicted octanol–water partition coefficient (Wildman–Crippen LogP) is 3.55. The van der Waals surface area contributed by atoms with E-state index < -0.39 is 18.6 Å². The fourth-order valence-corrected chi connectivity index (χ4v) is 2.06. The van der Waals surface area contributed by atoms with Crippen LogP contribution in [0.15, 0.2) is 17.5 Å². The summed E-state index contributed by atoms with van der Waals surface area (Å²) in [6, 6.07) is 3.20. The molecule has 0 aliphatic carbocycles. The van der Waals surface area contributed by atoms with Crippen LogP contribution in [0.25, 0.3) is 0 Å². The molecule has 0 fully saturated rings. The fourth-order valence-electron chi connectivity index (χ4n) is 1.37. The summed E-state index contributed by atoms with van der Waals surface area (Å²) in [6.07, 6.45) is -3.01. The van der Waals surface area contributed by atoms with Crippen LogP contribution < -0.4 is 0 Å². The third-order valence-electron chi connectivity index (χ3n) is 2.17. The second-order valence-corrected chi connectivity index (χ2v) is 4.62. The molecule has 0 atom stereocenters. The Morgan fingerprint density at radius 1 is 1.47 bits per heavy atom. The Hall–Kier alpha value is -1.04. The number of carbonyl (C=O) groups excluding carboxylic acids is 1. The molecule has 0 unspecified atom stereocenters. The van der Waals surface area contributed by atoms with Gasteiger partial charge in [-0.2, -0.15) is 13.2 Å². The molecule has 0 aromatic carbocycles. The highest BCUT2D eigenvalue weighted by Crippen LogP contribution is 2.20. The maximum atomic E-state index is 12.3. The largest absolute Gasteiger partial charge is 0.406 e. The fraction of sp³-hybridized carbons (Fsp3) is 0.545. The summed E-state index contributed by atoms with van der Waals surface area (Å²) >= 11 is 1.16. The second-order valence-electron chi connectivity index (χ2n) is 3.67. The normalized spacial score (nSPS) is 11.5. The standard InChI is InChI=1S/C11H14F3NOS/c1-2-3-6-15(8-11(12,13)14)10(16)9-5-4-7-17-9/h4-5,7H,2-3,6,8H2,1H3. The first-order chi connectivity index (χ1) is 7.94. The number of amides is 1. The number of carbonyl (C=O) groups is 1. The second kappa shape index (κ2) is 6.05. The van der Waals surface area contributed by atoms with Crippen LogP contribution in [0.4, 0.5) is 13.2 Å². The van der Waals surface area contributed by atoms with E-state index in [9.17, 15) is 18.0 Å². The van der Waals surface area contributed by atoms with Crippen LogP contribution in [0.2, 0.25) is 0 Å². The lowest BCUT2D eigenvalue weighted by Crippen LogP contribution is -2.39. The van der Waals surface area contributed by atoms with Crippen molar-refractivity contribution >= 4 is 17.2 Å². The van der Waals surface area contributed by atoms with Crippen LogP contribution in [0, 0.1) is 0 Å². The number of hydrogen-bond acceptors (Lipinski definition) is 2. The molecule has 2 nitrogen and oxygen atoms in total. The van der Waals surface area contributed by atoms with E-state index in [1.54, 1.807) is 17.5 Å². The molecule has 0 saturated heterocycles. The first-order valence-electron chi connectivity index (χ1n) is 5.33. The summed E-state index contributed by atoms with van der Waals surface area (Å²) in [5.74, 6) is -0.536. The van der Waals surface area contributed by atoms with Gasteiger partial charge in [-0.25, -0.2) is 0 Å². The van der Waals surface area contributed by atoms with Crippen molar-refractivity contribution < 1.29 is 18.0 Å². The number of nitrogens with zero attached hydrogens (tertiary/aromatic N) is 1. The summed E-state index contributed by atoms with van der Waals surface area (Å²) in [4.78, 5) is 13.0. The summed E-state index contributed by atoms with van der Waals surface area (Å²) in [5, 5.41) is 1.68. The minimum Gasteiger partial charge on any atom is -0.329 e. The SMILES string of the molecule is CCCCN(CC(F)(F)F)C(=O)c1cccs1. The van der Waals surface area contributed by atoms with E-state index in [-0.39, 0.29) is 6.54 Å². The van der Waals surface area contributed by atoms with Gasteiger partial charge in [0.1, 0.15) is 6.54 Å². The number of rotatable bonds is 5. The first-order valence-corrected chi connectivity index (χ1v) is 6.21. The van der Waals surface area contributed by atoms with Gasteiger partial charge >= 0.3 is 6.18 Å². The Morgan fingerprint density at radius 2 is 2.18 bits per heavy atom. The number of alkyl halides is 3. The van der Waals surface area contributed by atoms with Crippen molar-refractivity contribution in [3.05, 3.63) is 22.4 Å². The first kappa shape index (κ1) is 14.0. The Morgan fingerprint density at radius 3 is 2.65 bits per heavy atom. The van der Waals surface area contributed by atoms with Crippen molar-refractivity contribution in [2.24, 2.45) is 0 Å². The highest BCUT2D eigenvalue weighted by molar-refractivity contribution is 7.12. The highest BCUT2D eigenvalue weighted by Gasteiger charge is 2.33. The van der Waals surface area contributed by atoms with Crippen molar-refractivity contribution in [3.8, 4) is 0 Å². The Balaban J connectivity index is 2.72. The molecule has 0 spiro atoms. The number of thiophene rings is 1. The molecule has 1 aromatic heterocycles. The van der Waals surface area contributed by atoms with Crippen molar-refractivity contribution in [3.63, 3.8) is 0 Å². The molecule has 1 rings (SSSR count). The van der Waals surface area contributed by atoms with Gasteiger partial charge in [-0.3, -0.25) is 4.79 Å². The molecule has 17 heavy (non-hydrogen) atoms. The van der Waals surface area contributed by atoms with E-state index >= 15 is 0 Å². The van der Waals surface area contributed by atoms with Crippen LogP contribution in [0.1, 0.15) is 29.4 Å². The minimum absolute atomic E-state index is 0.146. The monoisotopic (exact) mass is 265 g/mol. The van der Waals surface area contributed by atoms with Gasteiger partial charge in [0, 0.05) is 6.54 Å². The lowest BCUT2D eigenvalue weighted by atomic mass is 10.3. The van der Waals surface area contributed by atoms with Crippen LogP contribution in [-0.2, 0) is 0 Å². The summed E-state index contributed by atoms with van der Waals surface area (Å²) in [6.45, 7) is 0.845. The van der Waals surface area contributed by atoms with E-state index in [0.717, 1.165) is 22.7 Å². The van der Waals surface area contributed by atoms with Crippen molar-refractivity contribution in [2.45, 2.75) is 25.9 Å². The maximum Gasteiger partial charge on any atom is 0.406 e. The zero-order chi connectivity index (χ0) is 12.9. The molecule has 0 saturated carbocycles. The molecular weight excluding hydrogens is 251 g/mol. The number of halogens is 3. The Bertz CT molecular complexity index is 348. The third kappa shape index (κ3) is 4.77. The molecule has 6 heteroatoms. The van der Waals surface area contributed by atoms with E-state index in [1.807, 2.05) is 6.92 Å².